The maximum Gasteiger partial charge on any atom is 0.107 e. The highest BCUT2D eigenvalue weighted by atomic mass is 16.7. The summed E-state index contributed by atoms with van der Waals surface area (Å²) in [5.41, 5.74) is 0. The highest BCUT2D eigenvalue weighted by Gasteiger charge is 2.05. The fourth-order valence-electron chi connectivity index (χ4n) is 1.19. The molecule has 0 saturated heterocycles. The van der Waals surface area contributed by atoms with Crippen LogP contribution in [-0.4, -0.2) is 19.7 Å². The molecule has 0 heterocycles. The average molecular weight is 174 g/mol. The van der Waals surface area contributed by atoms with Crippen LogP contribution in [-0.2, 0) is 4.84 Å². The normalized spacial score (nSPS) is 11.0. The van der Waals surface area contributed by atoms with Gasteiger partial charge in [-0.15, -0.1) is 0 Å². The summed E-state index contributed by atoms with van der Waals surface area (Å²) in [7, 11) is 0. The topological polar surface area (TPSA) is 13.7 Å². The van der Waals surface area contributed by atoms with Crippen LogP contribution in [0.3, 0.4) is 0 Å². The number of hydroxylamine groups is 2. The maximum absolute atomic E-state index is 5.68. The average Bonchev–Trinajstić information content (AvgIpc) is 2.06. The fourth-order valence-corrected chi connectivity index (χ4v) is 1.19. The van der Waals surface area contributed by atoms with Crippen molar-refractivity contribution in [2.75, 3.05) is 19.7 Å². The number of rotatable bonds is 8. The van der Waals surface area contributed by atoms with Crippen LogP contribution in [0.4, 0.5) is 0 Å². The van der Waals surface area contributed by atoms with Crippen LogP contribution in [0.1, 0.15) is 46.5 Å². The second-order valence-electron chi connectivity index (χ2n) is 3.24. The Morgan fingerprint density at radius 2 is 1.50 bits per heavy atom. The fraction of sp³-hybridized carbons (Fsp3) is 1.00. The van der Waals surface area contributed by atoms with Gasteiger partial charge >= 0.3 is 0 Å². The number of hydrogen-bond acceptors (Lipinski definition) is 1. The van der Waals surface area contributed by atoms with Crippen LogP contribution >= 0.6 is 0 Å². The summed E-state index contributed by atoms with van der Waals surface area (Å²) < 4.78 is 0. The van der Waals surface area contributed by atoms with Crippen molar-refractivity contribution >= 4 is 0 Å². The molecule has 0 amide bonds. The minimum Gasteiger partial charge on any atom is -0.205 e. The molecule has 0 radical (unpaired) electrons. The zero-order chi connectivity index (χ0) is 9.23. The lowest BCUT2D eigenvalue weighted by Gasteiger charge is -2.15. The summed E-state index contributed by atoms with van der Waals surface area (Å²) in [6, 6.07) is 0. The van der Waals surface area contributed by atoms with Gasteiger partial charge in [0.15, 0.2) is 0 Å². The van der Waals surface area contributed by atoms with Crippen molar-refractivity contribution in [2.24, 2.45) is 0 Å². The van der Waals surface area contributed by atoms with Crippen molar-refractivity contribution in [1.29, 1.82) is 0 Å². The first-order valence-corrected chi connectivity index (χ1v) is 5.32. The molecular weight excluding hydrogens is 150 g/mol. The van der Waals surface area contributed by atoms with E-state index in [4.69, 9.17) is 4.84 Å². The first-order valence-electron chi connectivity index (χ1n) is 5.32. The van der Waals surface area contributed by atoms with E-state index in [1.54, 1.807) is 0 Å². The molecule has 0 bridgehead atoms. The van der Waals surface area contributed by atoms with Gasteiger partial charge in [-0.2, -0.15) is 5.06 Å². The summed E-state index contributed by atoms with van der Waals surface area (Å²) in [6.45, 7) is 9.83. The lowest BCUT2D eigenvalue weighted by Crippen LogP contribution is -3.11. The lowest BCUT2D eigenvalue weighted by molar-refractivity contribution is -1.09. The largest absolute Gasteiger partial charge is 0.205 e. The van der Waals surface area contributed by atoms with Gasteiger partial charge in [0, 0.05) is 0 Å². The zero-order valence-electron chi connectivity index (χ0n) is 8.86. The summed E-state index contributed by atoms with van der Waals surface area (Å²) in [5, 5.41) is 1.31. The smallest absolute Gasteiger partial charge is 0.107 e. The third kappa shape index (κ3) is 6.62. The molecule has 12 heavy (non-hydrogen) atoms. The summed E-state index contributed by atoms with van der Waals surface area (Å²) in [6.07, 6.45) is 4.84. The monoisotopic (exact) mass is 174 g/mol. The van der Waals surface area contributed by atoms with Gasteiger partial charge in [-0.3, -0.25) is 0 Å². The Balaban J connectivity index is 3.34. The van der Waals surface area contributed by atoms with Gasteiger partial charge in [0.1, 0.15) is 19.7 Å². The molecule has 1 N–H and O–H groups in total. The van der Waals surface area contributed by atoms with Crippen molar-refractivity contribution in [1.82, 2.24) is 0 Å². The van der Waals surface area contributed by atoms with Crippen LogP contribution in [0.5, 0.6) is 0 Å². The van der Waals surface area contributed by atoms with Gasteiger partial charge in [-0.1, -0.05) is 27.2 Å². The van der Waals surface area contributed by atoms with Crippen molar-refractivity contribution in [3.8, 4) is 0 Å². The van der Waals surface area contributed by atoms with E-state index in [0.717, 1.165) is 19.7 Å². The summed E-state index contributed by atoms with van der Waals surface area (Å²) >= 11 is 0. The molecule has 0 aliphatic carbocycles. The second-order valence-corrected chi connectivity index (χ2v) is 3.24. The molecular formula is C10H24NO+. The van der Waals surface area contributed by atoms with E-state index < -0.39 is 0 Å². The quantitative estimate of drug-likeness (QED) is 0.434. The molecule has 0 aromatic carbocycles. The van der Waals surface area contributed by atoms with E-state index in [9.17, 15) is 0 Å². The Morgan fingerprint density at radius 3 is 1.92 bits per heavy atom. The molecule has 0 aliphatic rings. The molecule has 2 nitrogen and oxygen atoms in total. The molecule has 2 heteroatoms. The zero-order valence-corrected chi connectivity index (χ0v) is 8.86. The highest BCUT2D eigenvalue weighted by molar-refractivity contribution is 4.27. The second kappa shape index (κ2) is 9.01. The lowest BCUT2D eigenvalue weighted by atomic mass is 10.4. The molecule has 0 atom stereocenters. The summed E-state index contributed by atoms with van der Waals surface area (Å²) in [5.74, 6) is 0. The van der Waals surface area contributed by atoms with E-state index in [1.165, 1.54) is 30.7 Å². The van der Waals surface area contributed by atoms with E-state index in [-0.39, 0.29) is 0 Å². The van der Waals surface area contributed by atoms with Gasteiger partial charge in [-0.25, -0.2) is 4.84 Å². The highest BCUT2D eigenvalue weighted by Crippen LogP contribution is 1.83. The van der Waals surface area contributed by atoms with E-state index in [1.807, 2.05) is 0 Å². The van der Waals surface area contributed by atoms with Gasteiger partial charge in [-0.05, 0) is 19.3 Å². The Morgan fingerprint density at radius 1 is 0.917 bits per heavy atom. The number of quaternary nitrogens is 1. The number of unbranched alkanes of at least 4 members (excludes halogenated alkanes) is 1. The van der Waals surface area contributed by atoms with E-state index in [0.29, 0.717) is 0 Å². The van der Waals surface area contributed by atoms with Crippen LogP contribution in [0.15, 0.2) is 0 Å². The predicted octanol–water partition coefficient (Wildman–Crippen LogP) is 1.42. The standard InChI is InChI=1S/C10H23NO/c1-4-7-10-12-11(8-5-2)9-6-3/h4-10H2,1-3H3/p+1. The van der Waals surface area contributed by atoms with Crippen LogP contribution in [0.25, 0.3) is 0 Å². The SMILES string of the molecule is CCCCO[NH+](CCC)CCC. The van der Waals surface area contributed by atoms with Crippen LogP contribution in [0.2, 0.25) is 0 Å². The molecule has 0 aromatic heterocycles. The summed E-state index contributed by atoms with van der Waals surface area (Å²) in [4.78, 5) is 5.68. The molecule has 74 valence electrons. The van der Waals surface area contributed by atoms with Crippen LogP contribution < -0.4 is 5.06 Å². The predicted molar refractivity (Wildman–Crippen MR) is 52.1 cm³/mol. The molecule has 0 unspecified atom stereocenters. The molecule has 0 aliphatic heterocycles. The molecule has 0 aromatic rings. The van der Waals surface area contributed by atoms with E-state index in [2.05, 4.69) is 20.8 Å². The van der Waals surface area contributed by atoms with Gasteiger partial charge < -0.3 is 0 Å². The van der Waals surface area contributed by atoms with Crippen LogP contribution in [0, 0.1) is 0 Å². The molecule has 0 fully saturated rings. The third-order valence-corrected chi connectivity index (χ3v) is 1.86. The number of hydrogen-bond donors (Lipinski definition) is 1. The van der Waals surface area contributed by atoms with Crippen molar-refractivity contribution in [2.45, 2.75) is 46.5 Å². The maximum atomic E-state index is 5.68. The molecule has 0 spiro atoms. The third-order valence-electron chi connectivity index (χ3n) is 1.86. The van der Waals surface area contributed by atoms with Gasteiger partial charge in [0.25, 0.3) is 0 Å². The van der Waals surface area contributed by atoms with Crippen molar-refractivity contribution in [3.05, 3.63) is 0 Å². The van der Waals surface area contributed by atoms with Gasteiger partial charge in [0.2, 0.25) is 0 Å². The first-order chi connectivity index (χ1) is 5.85. The van der Waals surface area contributed by atoms with Crippen molar-refractivity contribution in [3.63, 3.8) is 0 Å². The minimum atomic E-state index is 0.922. The Labute approximate surface area is 76.9 Å². The minimum absolute atomic E-state index is 0.922. The Kier molecular flexibility index (Phi) is 8.95. The molecule has 0 saturated carbocycles. The van der Waals surface area contributed by atoms with E-state index >= 15 is 0 Å². The first kappa shape index (κ1) is 11.9. The van der Waals surface area contributed by atoms with Crippen molar-refractivity contribution < 1.29 is 9.90 Å². The Bertz CT molecular complexity index is 79.9. The number of nitrogens with one attached hydrogen (secondary N) is 1. The molecule has 0 rings (SSSR count). The Hall–Kier alpha value is -0.0800. The van der Waals surface area contributed by atoms with Gasteiger partial charge in [0.05, 0.1) is 0 Å².